The molecule has 1 aromatic rings. The molecule has 1 unspecified atom stereocenters. The maximum Gasteiger partial charge on any atom is 0.165 e. The van der Waals surface area contributed by atoms with Crippen LogP contribution in [0.3, 0.4) is 0 Å². The van der Waals surface area contributed by atoms with Gasteiger partial charge in [-0.2, -0.15) is 0 Å². The molecule has 0 aliphatic heterocycles. The zero-order valence-corrected chi connectivity index (χ0v) is 11.0. The van der Waals surface area contributed by atoms with E-state index < -0.39 is 0 Å². The molecular weight excluding hydrogens is 248 g/mol. The lowest BCUT2D eigenvalue weighted by atomic mass is 10.0. The van der Waals surface area contributed by atoms with Gasteiger partial charge in [0, 0.05) is 10.9 Å². The van der Waals surface area contributed by atoms with Crippen LogP contribution in [0, 0.1) is 5.92 Å². The van der Waals surface area contributed by atoms with E-state index in [0.717, 1.165) is 5.56 Å². The van der Waals surface area contributed by atoms with Crippen molar-refractivity contribution < 1.29 is 9.53 Å². The van der Waals surface area contributed by atoms with E-state index >= 15 is 0 Å². The number of carbonyl (C=O) groups is 1. The molecule has 96 valence electrons. The number of benzene rings is 1. The van der Waals surface area contributed by atoms with Crippen LogP contribution in [0.4, 0.5) is 0 Å². The van der Waals surface area contributed by atoms with Crippen LogP contribution in [0.25, 0.3) is 0 Å². The zero-order chi connectivity index (χ0) is 13.4. The summed E-state index contributed by atoms with van der Waals surface area (Å²) >= 11 is 5.78. The number of hydrogen-bond donors (Lipinski definition) is 0. The van der Waals surface area contributed by atoms with Crippen LogP contribution in [-0.2, 0) is 16.1 Å². The van der Waals surface area contributed by atoms with Gasteiger partial charge in [-0.1, -0.05) is 35.9 Å². The van der Waals surface area contributed by atoms with Crippen molar-refractivity contribution in [1.82, 2.24) is 0 Å². The average molecular weight is 265 g/mol. The smallest absolute Gasteiger partial charge is 0.165 e. The van der Waals surface area contributed by atoms with Gasteiger partial charge in [0.15, 0.2) is 5.78 Å². The second-order valence-electron chi connectivity index (χ2n) is 3.95. The van der Waals surface area contributed by atoms with Crippen molar-refractivity contribution in [2.75, 3.05) is 6.61 Å². The van der Waals surface area contributed by atoms with E-state index in [4.69, 9.17) is 16.3 Å². The third-order valence-corrected chi connectivity index (χ3v) is 2.80. The molecule has 0 spiro atoms. The van der Waals surface area contributed by atoms with Crippen LogP contribution in [0.1, 0.15) is 12.0 Å². The van der Waals surface area contributed by atoms with Crippen molar-refractivity contribution in [3.05, 3.63) is 60.2 Å². The quantitative estimate of drug-likeness (QED) is 0.668. The highest BCUT2D eigenvalue weighted by Gasteiger charge is 2.12. The van der Waals surface area contributed by atoms with Crippen LogP contribution in [-0.4, -0.2) is 12.4 Å². The van der Waals surface area contributed by atoms with Crippen molar-refractivity contribution >= 4 is 17.4 Å². The Balaban J connectivity index is 2.36. The number of ketones is 1. The predicted octanol–water partition coefficient (Wildman–Crippen LogP) is 3.80. The molecule has 0 amide bonds. The lowest BCUT2D eigenvalue weighted by molar-refractivity contribution is -0.126. The number of Topliss-reactive ketones (excluding diaryl/α,β-unsaturated/α-hetero) is 1. The van der Waals surface area contributed by atoms with E-state index in [-0.39, 0.29) is 18.3 Å². The summed E-state index contributed by atoms with van der Waals surface area (Å²) in [4.78, 5) is 11.7. The number of ether oxygens (including phenoxy) is 1. The Morgan fingerprint density at radius 1 is 1.33 bits per heavy atom. The predicted molar refractivity (Wildman–Crippen MR) is 74.6 cm³/mol. The summed E-state index contributed by atoms with van der Waals surface area (Å²) in [5.74, 6) is -0.174. The molecule has 3 heteroatoms. The molecule has 0 radical (unpaired) electrons. The van der Waals surface area contributed by atoms with Crippen LogP contribution >= 0.6 is 11.6 Å². The van der Waals surface area contributed by atoms with Crippen LogP contribution in [0.15, 0.2) is 49.6 Å². The van der Waals surface area contributed by atoms with E-state index in [1.165, 1.54) is 0 Å². The van der Waals surface area contributed by atoms with Gasteiger partial charge in [0.2, 0.25) is 0 Å². The van der Waals surface area contributed by atoms with Gasteiger partial charge >= 0.3 is 0 Å². The molecule has 2 nitrogen and oxygen atoms in total. The summed E-state index contributed by atoms with van der Waals surface area (Å²) in [6.07, 6.45) is 3.95. The van der Waals surface area contributed by atoms with Gasteiger partial charge in [-0.3, -0.25) is 4.79 Å². The van der Waals surface area contributed by atoms with Crippen molar-refractivity contribution in [2.24, 2.45) is 5.92 Å². The topological polar surface area (TPSA) is 26.3 Å². The maximum absolute atomic E-state index is 11.7. The lowest BCUT2D eigenvalue weighted by Crippen LogP contribution is -2.17. The van der Waals surface area contributed by atoms with Gasteiger partial charge in [-0.25, -0.2) is 0 Å². The second kappa shape index (κ2) is 7.85. The molecule has 0 aliphatic carbocycles. The SMILES string of the molecule is C=CCC(C=C)C(=O)COCc1ccc(Cl)cc1. The molecule has 0 saturated carbocycles. The first-order valence-electron chi connectivity index (χ1n) is 5.75. The molecule has 0 bridgehead atoms. The van der Waals surface area contributed by atoms with Crippen molar-refractivity contribution in [3.8, 4) is 0 Å². The first-order valence-corrected chi connectivity index (χ1v) is 6.13. The molecule has 0 saturated heterocycles. The number of rotatable bonds is 8. The average Bonchev–Trinajstić information content (AvgIpc) is 2.38. The van der Waals surface area contributed by atoms with Gasteiger partial charge in [0.05, 0.1) is 6.61 Å². The molecule has 1 aromatic carbocycles. The summed E-state index contributed by atoms with van der Waals surface area (Å²) < 4.78 is 5.38. The number of allylic oxidation sites excluding steroid dienone is 2. The summed E-state index contributed by atoms with van der Waals surface area (Å²) in [5.41, 5.74) is 0.992. The van der Waals surface area contributed by atoms with E-state index in [9.17, 15) is 4.79 Å². The molecule has 1 rings (SSSR count). The molecular formula is C15H17ClO2. The summed E-state index contributed by atoms with van der Waals surface area (Å²) in [6.45, 7) is 7.75. The third-order valence-electron chi connectivity index (χ3n) is 2.54. The Morgan fingerprint density at radius 2 is 2.00 bits per heavy atom. The number of carbonyl (C=O) groups excluding carboxylic acids is 1. The normalized spacial score (nSPS) is 11.8. The summed E-state index contributed by atoms with van der Waals surface area (Å²) in [7, 11) is 0. The van der Waals surface area contributed by atoms with Crippen LogP contribution < -0.4 is 0 Å². The molecule has 18 heavy (non-hydrogen) atoms. The third kappa shape index (κ3) is 4.86. The van der Waals surface area contributed by atoms with E-state index in [1.54, 1.807) is 24.3 Å². The van der Waals surface area contributed by atoms with Crippen molar-refractivity contribution in [3.63, 3.8) is 0 Å². The van der Waals surface area contributed by atoms with E-state index in [2.05, 4.69) is 13.2 Å². The minimum absolute atomic E-state index is 0.0267. The fourth-order valence-corrected chi connectivity index (χ4v) is 1.62. The lowest BCUT2D eigenvalue weighted by Gasteiger charge is -2.09. The fraction of sp³-hybridized carbons (Fsp3) is 0.267. The van der Waals surface area contributed by atoms with Crippen LogP contribution in [0.5, 0.6) is 0 Å². The molecule has 0 aliphatic rings. The van der Waals surface area contributed by atoms with Crippen molar-refractivity contribution in [2.45, 2.75) is 13.0 Å². The minimum Gasteiger partial charge on any atom is -0.369 e. The monoisotopic (exact) mass is 264 g/mol. The first kappa shape index (κ1) is 14.7. The second-order valence-corrected chi connectivity index (χ2v) is 4.39. The Morgan fingerprint density at radius 3 is 2.56 bits per heavy atom. The minimum atomic E-state index is -0.201. The Hall–Kier alpha value is -1.38. The van der Waals surface area contributed by atoms with Crippen LogP contribution in [0.2, 0.25) is 5.02 Å². The maximum atomic E-state index is 11.7. The first-order chi connectivity index (χ1) is 8.67. The molecule has 0 N–H and O–H groups in total. The summed E-state index contributed by atoms with van der Waals surface area (Å²) in [5, 5.41) is 0.688. The van der Waals surface area contributed by atoms with E-state index in [1.807, 2.05) is 12.1 Å². The highest BCUT2D eigenvalue weighted by Crippen LogP contribution is 2.11. The van der Waals surface area contributed by atoms with Gasteiger partial charge in [0.25, 0.3) is 0 Å². The molecule has 0 fully saturated rings. The molecule has 0 aromatic heterocycles. The van der Waals surface area contributed by atoms with Crippen molar-refractivity contribution in [1.29, 1.82) is 0 Å². The summed E-state index contributed by atoms with van der Waals surface area (Å²) in [6, 6.07) is 7.35. The number of halogens is 1. The molecule has 0 heterocycles. The molecule has 1 atom stereocenters. The standard InChI is InChI=1S/C15H17ClO2/c1-3-5-13(4-2)15(17)11-18-10-12-6-8-14(16)9-7-12/h3-4,6-9,13H,1-2,5,10-11H2. The highest BCUT2D eigenvalue weighted by atomic mass is 35.5. The van der Waals surface area contributed by atoms with Gasteiger partial charge < -0.3 is 4.74 Å². The Kier molecular flexibility index (Phi) is 6.40. The Labute approximate surface area is 113 Å². The Bertz CT molecular complexity index is 409. The van der Waals surface area contributed by atoms with Gasteiger partial charge in [-0.05, 0) is 24.1 Å². The fourth-order valence-electron chi connectivity index (χ4n) is 1.50. The largest absolute Gasteiger partial charge is 0.369 e. The zero-order valence-electron chi connectivity index (χ0n) is 10.3. The van der Waals surface area contributed by atoms with Gasteiger partial charge in [0.1, 0.15) is 6.61 Å². The number of hydrogen-bond acceptors (Lipinski definition) is 2. The highest BCUT2D eigenvalue weighted by molar-refractivity contribution is 6.30. The van der Waals surface area contributed by atoms with Gasteiger partial charge in [-0.15, -0.1) is 13.2 Å². The van der Waals surface area contributed by atoms with E-state index in [0.29, 0.717) is 18.1 Å².